The van der Waals surface area contributed by atoms with Crippen LogP contribution < -0.4 is 5.32 Å². The molecule has 6 heteroatoms. The lowest BCUT2D eigenvalue weighted by molar-refractivity contribution is 0.0945. The Kier molecular flexibility index (Phi) is 4.73. The lowest BCUT2D eigenvalue weighted by Gasteiger charge is -2.18. The highest BCUT2D eigenvalue weighted by atomic mass is 32.1. The van der Waals surface area contributed by atoms with Gasteiger partial charge in [-0.1, -0.05) is 49.4 Å². The summed E-state index contributed by atoms with van der Waals surface area (Å²) in [6.45, 7) is 2.03. The number of nitrogens with zero attached hydrogens (tertiary/aromatic N) is 3. The third kappa shape index (κ3) is 3.36. The molecule has 27 heavy (non-hydrogen) atoms. The maximum absolute atomic E-state index is 12.9. The van der Waals surface area contributed by atoms with Crippen LogP contribution in [0.2, 0.25) is 0 Å². The quantitative estimate of drug-likeness (QED) is 0.570. The molecule has 0 aliphatic heterocycles. The second-order valence-electron chi connectivity index (χ2n) is 6.31. The third-order valence-electron chi connectivity index (χ3n) is 4.57. The normalized spacial score (nSPS) is 12.2. The first-order valence-electron chi connectivity index (χ1n) is 8.89. The Morgan fingerprint density at radius 1 is 1.15 bits per heavy atom. The van der Waals surface area contributed by atoms with Crippen molar-refractivity contribution in [2.75, 3.05) is 0 Å². The Balaban J connectivity index is 1.75. The summed E-state index contributed by atoms with van der Waals surface area (Å²) in [5.74, 6) is 0.670. The van der Waals surface area contributed by atoms with Crippen molar-refractivity contribution in [3.8, 4) is 0 Å². The number of imidazole rings is 1. The monoisotopic (exact) mass is 376 g/mol. The van der Waals surface area contributed by atoms with Crippen molar-refractivity contribution in [3.05, 3.63) is 82.1 Å². The second kappa shape index (κ2) is 7.32. The Labute approximate surface area is 161 Å². The lowest BCUT2D eigenvalue weighted by atomic mass is 10.1. The highest BCUT2D eigenvalue weighted by molar-refractivity contribution is 7.13. The topological polar surface area (TPSA) is 59.8 Å². The van der Waals surface area contributed by atoms with Crippen LogP contribution >= 0.6 is 11.3 Å². The molecule has 5 nitrogen and oxygen atoms in total. The molecule has 4 aromatic rings. The van der Waals surface area contributed by atoms with Gasteiger partial charge in [0.1, 0.15) is 16.7 Å². The van der Waals surface area contributed by atoms with E-state index in [1.807, 2.05) is 73.1 Å². The minimum absolute atomic E-state index is 0.131. The summed E-state index contributed by atoms with van der Waals surface area (Å²) >= 11 is 1.43. The summed E-state index contributed by atoms with van der Waals surface area (Å²) in [4.78, 5) is 22.6. The molecule has 0 aliphatic carbocycles. The van der Waals surface area contributed by atoms with Gasteiger partial charge in [0, 0.05) is 7.05 Å². The molecule has 1 amide bonds. The molecular weight excluding hydrogens is 356 g/mol. The van der Waals surface area contributed by atoms with Crippen LogP contribution in [0.5, 0.6) is 0 Å². The van der Waals surface area contributed by atoms with Gasteiger partial charge in [-0.3, -0.25) is 4.79 Å². The van der Waals surface area contributed by atoms with E-state index in [9.17, 15) is 4.79 Å². The van der Waals surface area contributed by atoms with Gasteiger partial charge in [0.05, 0.1) is 22.2 Å². The summed E-state index contributed by atoms with van der Waals surface area (Å²) in [6, 6.07) is 17.6. The van der Waals surface area contributed by atoms with Gasteiger partial charge < -0.3 is 9.88 Å². The molecule has 0 bridgehead atoms. The van der Waals surface area contributed by atoms with Crippen LogP contribution in [0.1, 0.15) is 39.0 Å². The molecule has 2 aromatic heterocycles. The molecule has 0 aliphatic rings. The molecule has 1 atom stereocenters. The van der Waals surface area contributed by atoms with Gasteiger partial charge in [-0.25, -0.2) is 9.97 Å². The molecule has 1 unspecified atom stereocenters. The molecule has 0 saturated heterocycles. The van der Waals surface area contributed by atoms with Crippen molar-refractivity contribution in [1.29, 1.82) is 0 Å². The Morgan fingerprint density at radius 2 is 1.89 bits per heavy atom. The fourth-order valence-electron chi connectivity index (χ4n) is 3.15. The van der Waals surface area contributed by atoms with Crippen LogP contribution in [0.3, 0.4) is 0 Å². The maximum atomic E-state index is 12.9. The van der Waals surface area contributed by atoms with Gasteiger partial charge in [0.25, 0.3) is 5.91 Å². The Morgan fingerprint density at radius 3 is 2.59 bits per heavy atom. The van der Waals surface area contributed by atoms with E-state index in [1.54, 1.807) is 6.20 Å². The van der Waals surface area contributed by atoms with E-state index in [1.165, 1.54) is 11.3 Å². The second-order valence-corrected chi connectivity index (χ2v) is 7.42. The number of aryl methyl sites for hydroxylation is 2. The number of aromatic nitrogens is 3. The largest absolute Gasteiger partial charge is 0.337 e. The van der Waals surface area contributed by atoms with Crippen molar-refractivity contribution in [2.24, 2.45) is 7.05 Å². The van der Waals surface area contributed by atoms with E-state index < -0.39 is 0 Å². The summed E-state index contributed by atoms with van der Waals surface area (Å²) in [5.41, 5.74) is 2.94. The number of hydrogen-bond donors (Lipinski definition) is 1. The molecule has 0 radical (unpaired) electrons. The van der Waals surface area contributed by atoms with Crippen molar-refractivity contribution in [1.82, 2.24) is 19.9 Å². The highest BCUT2D eigenvalue weighted by Crippen LogP contribution is 2.26. The van der Waals surface area contributed by atoms with Gasteiger partial charge in [-0.15, -0.1) is 11.3 Å². The van der Waals surface area contributed by atoms with Crippen molar-refractivity contribution in [3.63, 3.8) is 0 Å². The van der Waals surface area contributed by atoms with Crippen LogP contribution in [0.4, 0.5) is 0 Å². The van der Waals surface area contributed by atoms with E-state index in [0.29, 0.717) is 4.88 Å². The standard InChI is InChI=1S/C21H20N4OS/c1-3-18-22-13-17(27-18)21(26)24-19(14-9-5-4-6-10-14)20-23-15-11-7-8-12-16(15)25(20)2/h4-13,19H,3H2,1-2H3,(H,24,26). The van der Waals surface area contributed by atoms with Gasteiger partial charge in [0.2, 0.25) is 0 Å². The minimum atomic E-state index is -0.344. The number of hydrogen-bond acceptors (Lipinski definition) is 4. The van der Waals surface area contributed by atoms with Crippen molar-refractivity contribution >= 4 is 28.3 Å². The predicted molar refractivity (Wildman–Crippen MR) is 108 cm³/mol. The molecule has 4 rings (SSSR count). The third-order valence-corrected chi connectivity index (χ3v) is 5.71. The lowest BCUT2D eigenvalue weighted by Crippen LogP contribution is -2.30. The van der Waals surface area contributed by atoms with Crippen LogP contribution in [0.15, 0.2) is 60.8 Å². The number of carbonyl (C=O) groups is 1. The first-order valence-corrected chi connectivity index (χ1v) is 9.71. The van der Waals surface area contributed by atoms with E-state index in [4.69, 9.17) is 4.98 Å². The first-order chi connectivity index (χ1) is 13.2. The molecule has 0 saturated carbocycles. The first kappa shape index (κ1) is 17.4. The Hall–Kier alpha value is -2.99. The minimum Gasteiger partial charge on any atom is -0.337 e. The number of para-hydroxylation sites is 2. The summed E-state index contributed by atoms with van der Waals surface area (Å²) in [5, 5.41) is 4.11. The average molecular weight is 376 g/mol. The number of carbonyl (C=O) groups excluding carboxylic acids is 1. The maximum Gasteiger partial charge on any atom is 0.263 e. The molecule has 2 aromatic carbocycles. The summed E-state index contributed by atoms with van der Waals surface area (Å²) in [6.07, 6.45) is 2.47. The van der Waals surface area contributed by atoms with Crippen molar-refractivity contribution in [2.45, 2.75) is 19.4 Å². The number of nitrogens with one attached hydrogen (secondary N) is 1. The molecule has 136 valence electrons. The molecule has 1 N–H and O–H groups in total. The van der Waals surface area contributed by atoms with Crippen molar-refractivity contribution < 1.29 is 4.79 Å². The SMILES string of the molecule is CCc1ncc(C(=O)NC(c2ccccc2)c2nc3ccccc3n2C)s1. The van der Waals surface area contributed by atoms with E-state index in [2.05, 4.69) is 10.3 Å². The van der Waals surface area contributed by atoms with E-state index >= 15 is 0 Å². The molecular formula is C21H20N4OS. The molecule has 0 spiro atoms. The number of benzene rings is 2. The number of rotatable bonds is 5. The highest BCUT2D eigenvalue weighted by Gasteiger charge is 2.24. The van der Waals surface area contributed by atoms with Crippen LogP contribution in [0, 0.1) is 0 Å². The van der Waals surface area contributed by atoms with Crippen LogP contribution in [-0.2, 0) is 13.5 Å². The fourth-order valence-corrected chi connectivity index (χ4v) is 3.91. The van der Waals surface area contributed by atoms with Crippen LogP contribution in [0.25, 0.3) is 11.0 Å². The zero-order valence-electron chi connectivity index (χ0n) is 15.2. The number of amides is 1. The van der Waals surface area contributed by atoms with Gasteiger partial charge in [-0.2, -0.15) is 0 Å². The van der Waals surface area contributed by atoms with Crippen LogP contribution in [-0.4, -0.2) is 20.4 Å². The summed E-state index contributed by atoms with van der Waals surface area (Å²) < 4.78 is 2.04. The van der Waals surface area contributed by atoms with E-state index in [0.717, 1.165) is 33.8 Å². The molecule has 2 heterocycles. The smallest absolute Gasteiger partial charge is 0.263 e. The van der Waals surface area contributed by atoms with Gasteiger partial charge >= 0.3 is 0 Å². The number of thiazole rings is 1. The zero-order valence-corrected chi connectivity index (χ0v) is 16.0. The molecule has 0 fully saturated rings. The summed E-state index contributed by atoms with van der Waals surface area (Å²) in [7, 11) is 1.98. The van der Waals surface area contributed by atoms with E-state index in [-0.39, 0.29) is 11.9 Å². The Bertz CT molecular complexity index is 1080. The number of fused-ring (bicyclic) bond motifs is 1. The predicted octanol–water partition coefficient (Wildman–Crippen LogP) is 4.11. The average Bonchev–Trinajstić information content (AvgIpc) is 3.32. The fraction of sp³-hybridized carbons (Fsp3) is 0.190. The van der Waals surface area contributed by atoms with Gasteiger partial charge in [-0.05, 0) is 24.1 Å². The zero-order chi connectivity index (χ0) is 18.8. The van der Waals surface area contributed by atoms with Gasteiger partial charge in [0.15, 0.2) is 0 Å².